The molecule has 4 heteroatoms. The fraction of sp³-hybridized carbons (Fsp3) is 0.357. The first-order valence-electron chi connectivity index (χ1n) is 6.32. The molecule has 0 spiro atoms. The van der Waals surface area contributed by atoms with Crippen molar-refractivity contribution in [1.29, 1.82) is 0 Å². The monoisotopic (exact) mass is 243 g/mol. The molecule has 1 aliphatic rings. The van der Waals surface area contributed by atoms with Crippen LogP contribution in [0.3, 0.4) is 0 Å². The summed E-state index contributed by atoms with van der Waals surface area (Å²) in [5, 5.41) is 3.41. The highest BCUT2D eigenvalue weighted by Crippen LogP contribution is 2.13. The Balaban J connectivity index is 1.66. The van der Waals surface area contributed by atoms with Crippen LogP contribution in [0.15, 0.2) is 36.5 Å². The van der Waals surface area contributed by atoms with Crippen molar-refractivity contribution in [2.45, 2.75) is 6.54 Å². The maximum Gasteiger partial charge on any atom is 0.0702 e. The van der Waals surface area contributed by atoms with E-state index in [9.17, 15) is 0 Å². The number of benzene rings is 1. The van der Waals surface area contributed by atoms with Gasteiger partial charge >= 0.3 is 0 Å². The van der Waals surface area contributed by atoms with E-state index in [0.717, 1.165) is 38.4 Å². The Hall–Kier alpha value is -1.49. The number of nitrogens with zero attached hydrogens (tertiary/aromatic N) is 2. The molecule has 0 atom stereocenters. The van der Waals surface area contributed by atoms with Gasteiger partial charge in [0.15, 0.2) is 0 Å². The third-order valence-corrected chi connectivity index (χ3v) is 3.19. The van der Waals surface area contributed by atoms with Crippen molar-refractivity contribution in [2.24, 2.45) is 0 Å². The largest absolute Gasteiger partial charge is 0.379 e. The van der Waals surface area contributed by atoms with Crippen molar-refractivity contribution in [3.63, 3.8) is 0 Å². The van der Waals surface area contributed by atoms with Crippen LogP contribution in [-0.4, -0.2) is 36.3 Å². The van der Waals surface area contributed by atoms with Gasteiger partial charge in [0.2, 0.25) is 0 Å². The third kappa shape index (κ3) is 2.67. The van der Waals surface area contributed by atoms with Crippen LogP contribution in [0, 0.1) is 0 Å². The second kappa shape index (κ2) is 5.44. The minimum absolute atomic E-state index is 0.814. The highest BCUT2D eigenvalue weighted by Gasteiger charge is 2.09. The maximum atomic E-state index is 5.32. The standard InChI is InChI=1S/C14H17N3O/c1-2-13-10-12(3-4-14(13)15-5-1)11-16-17-6-8-18-9-7-17/h1-5,10,16H,6-9,11H2. The summed E-state index contributed by atoms with van der Waals surface area (Å²) in [4.78, 5) is 4.32. The molecule has 0 unspecified atom stereocenters. The first kappa shape index (κ1) is 11.6. The number of aromatic nitrogens is 1. The number of hydrogen-bond acceptors (Lipinski definition) is 4. The first-order valence-corrected chi connectivity index (χ1v) is 6.32. The van der Waals surface area contributed by atoms with E-state index in [4.69, 9.17) is 4.74 Å². The van der Waals surface area contributed by atoms with E-state index >= 15 is 0 Å². The molecule has 1 aromatic carbocycles. The van der Waals surface area contributed by atoms with Crippen LogP contribution < -0.4 is 5.43 Å². The molecule has 0 bridgehead atoms. The average Bonchev–Trinajstić information content (AvgIpc) is 2.46. The summed E-state index contributed by atoms with van der Waals surface area (Å²) in [6.07, 6.45) is 1.83. The van der Waals surface area contributed by atoms with Gasteiger partial charge in [-0.05, 0) is 23.8 Å². The van der Waals surface area contributed by atoms with Crippen LogP contribution in [0.2, 0.25) is 0 Å². The molecular weight excluding hydrogens is 226 g/mol. The predicted molar refractivity (Wildman–Crippen MR) is 71.0 cm³/mol. The van der Waals surface area contributed by atoms with E-state index in [0.29, 0.717) is 0 Å². The lowest BCUT2D eigenvalue weighted by Gasteiger charge is -2.27. The second-order valence-corrected chi connectivity index (χ2v) is 4.46. The maximum absolute atomic E-state index is 5.32. The van der Waals surface area contributed by atoms with Gasteiger partial charge in [-0.2, -0.15) is 0 Å². The van der Waals surface area contributed by atoms with E-state index in [1.54, 1.807) is 0 Å². The van der Waals surface area contributed by atoms with Crippen LogP contribution in [0.4, 0.5) is 0 Å². The molecule has 0 aliphatic carbocycles. The van der Waals surface area contributed by atoms with E-state index in [-0.39, 0.29) is 0 Å². The molecule has 1 fully saturated rings. The quantitative estimate of drug-likeness (QED) is 0.888. The van der Waals surface area contributed by atoms with Gasteiger partial charge in [-0.3, -0.25) is 10.4 Å². The molecule has 0 saturated carbocycles. The highest BCUT2D eigenvalue weighted by molar-refractivity contribution is 5.78. The van der Waals surface area contributed by atoms with Gasteiger partial charge in [0.1, 0.15) is 0 Å². The summed E-state index contributed by atoms with van der Waals surface area (Å²) in [5.41, 5.74) is 5.76. The van der Waals surface area contributed by atoms with Gasteiger partial charge in [-0.1, -0.05) is 12.1 Å². The Morgan fingerprint density at radius 2 is 2.11 bits per heavy atom. The van der Waals surface area contributed by atoms with Gasteiger partial charge < -0.3 is 4.74 Å². The number of fused-ring (bicyclic) bond motifs is 1. The van der Waals surface area contributed by atoms with Crippen LogP contribution in [0.5, 0.6) is 0 Å². The predicted octanol–water partition coefficient (Wildman–Crippen LogP) is 1.57. The van der Waals surface area contributed by atoms with E-state index in [1.165, 1.54) is 10.9 Å². The minimum Gasteiger partial charge on any atom is -0.379 e. The molecule has 1 aromatic heterocycles. The number of ether oxygens (including phenoxy) is 1. The Kier molecular flexibility index (Phi) is 3.50. The lowest BCUT2D eigenvalue weighted by Crippen LogP contribution is -2.45. The second-order valence-electron chi connectivity index (χ2n) is 4.46. The molecule has 2 aromatic rings. The molecule has 0 radical (unpaired) electrons. The van der Waals surface area contributed by atoms with E-state index in [2.05, 4.69) is 39.7 Å². The van der Waals surface area contributed by atoms with Crippen molar-refractivity contribution < 1.29 is 4.74 Å². The summed E-state index contributed by atoms with van der Waals surface area (Å²) >= 11 is 0. The van der Waals surface area contributed by atoms with Crippen molar-refractivity contribution in [2.75, 3.05) is 26.3 Å². The van der Waals surface area contributed by atoms with Crippen LogP contribution in [-0.2, 0) is 11.3 Å². The fourth-order valence-electron chi connectivity index (χ4n) is 2.16. The van der Waals surface area contributed by atoms with Crippen LogP contribution >= 0.6 is 0 Å². The molecule has 1 aliphatic heterocycles. The van der Waals surface area contributed by atoms with Gasteiger partial charge in [0.05, 0.1) is 18.7 Å². The Labute approximate surface area is 107 Å². The molecule has 3 rings (SSSR count). The van der Waals surface area contributed by atoms with E-state index < -0.39 is 0 Å². The topological polar surface area (TPSA) is 37.4 Å². The zero-order valence-corrected chi connectivity index (χ0v) is 10.3. The third-order valence-electron chi connectivity index (χ3n) is 3.19. The smallest absolute Gasteiger partial charge is 0.0702 e. The molecule has 2 heterocycles. The lowest BCUT2D eigenvalue weighted by atomic mass is 10.1. The van der Waals surface area contributed by atoms with Gasteiger partial charge in [0, 0.05) is 31.2 Å². The van der Waals surface area contributed by atoms with Gasteiger partial charge in [-0.25, -0.2) is 5.01 Å². The highest BCUT2D eigenvalue weighted by atomic mass is 16.5. The number of morpholine rings is 1. The number of pyridine rings is 1. The molecule has 94 valence electrons. The number of hydrogen-bond donors (Lipinski definition) is 1. The van der Waals surface area contributed by atoms with Crippen LogP contribution in [0.25, 0.3) is 10.9 Å². The van der Waals surface area contributed by atoms with Crippen molar-refractivity contribution in [3.8, 4) is 0 Å². The molecule has 1 N–H and O–H groups in total. The zero-order valence-electron chi connectivity index (χ0n) is 10.3. The summed E-state index contributed by atoms with van der Waals surface area (Å²) < 4.78 is 5.32. The lowest BCUT2D eigenvalue weighted by molar-refractivity contribution is 0.0106. The zero-order chi connectivity index (χ0) is 12.2. The Morgan fingerprint density at radius 1 is 1.22 bits per heavy atom. The minimum atomic E-state index is 0.814. The number of rotatable bonds is 3. The number of hydrazine groups is 1. The summed E-state index contributed by atoms with van der Waals surface area (Å²) in [6, 6.07) is 10.5. The molecule has 0 amide bonds. The normalized spacial score (nSPS) is 17.1. The summed E-state index contributed by atoms with van der Waals surface area (Å²) in [7, 11) is 0. The summed E-state index contributed by atoms with van der Waals surface area (Å²) in [6.45, 7) is 4.39. The fourth-order valence-corrected chi connectivity index (χ4v) is 2.16. The number of nitrogens with one attached hydrogen (secondary N) is 1. The molecule has 4 nitrogen and oxygen atoms in total. The van der Waals surface area contributed by atoms with Gasteiger partial charge in [0.25, 0.3) is 0 Å². The van der Waals surface area contributed by atoms with E-state index in [1.807, 2.05) is 12.3 Å². The summed E-state index contributed by atoms with van der Waals surface area (Å²) in [5.74, 6) is 0. The molecular formula is C14H17N3O. The average molecular weight is 243 g/mol. The Morgan fingerprint density at radius 3 is 3.00 bits per heavy atom. The molecule has 18 heavy (non-hydrogen) atoms. The van der Waals surface area contributed by atoms with Crippen molar-refractivity contribution >= 4 is 10.9 Å². The van der Waals surface area contributed by atoms with Gasteiger partial charge in [-0.15, -0.1) is 0 Å². The first-order chi connectivity index (χ1) is 8.92. The van der Waals surface area contributed by atoms with Crippen LogP contribution in [0.1, 0.15) is 5.56 Å². The van der Waals surface area contributed by atoms with Crippen molar-refractivity contribution in [3.05, 3.63) is 42.1 Å². The Bertz CT molecular complexity index is 523. The molecule has 1 saturated heterocycles. The van der Waals surface area contributed by atoms with Crippen molar-refractivity contribution in [1.82, 2.24) is 15.4 Å². The SMILES string of the molecule is c1cnc2ccc(CNN3CCOCC3)cc2c1.